The Morgan fingerprint density at radius 3 is 2.62 bits per heavy atom. The number of carbonyl (C=O) groups is 1. The second-order valence-corrected chi connectivity index (χ2v) is 3.34. The number of benzene rings is 1. The van der Waals surface area contributed by atoms with Crippen molar-refractivity contribution in [3.05, 3.63) is 35.9 Å². The fraction of sp³-hybridized carbons (Fsp3) is 0.364. The summed E-state index contributed by atoms with van der Waals surface area (Å²) in [6, 6.07) is 9.46. The molecule has 4 nitrogen and oxygen atoms in total. The van der Waals surface area contributed by atoms with Crippen LogP contribution in [0.5, 0.6) is 0 Å². The van der Waals surface area contributed by atoms with Crippen molar-refractivity contribution in [1.82, 2.24) is 5.32 Å². The molecule has 1 aromatic rings. The van der Waals surface area contributed by atoms with Gasteiger partial charge in [-0.2, -0.15) is 0 Å². The van der Waals surface area contributed by atoms with Gasteiger partial charge in [-0.15, -0.1) is 12.4 Å². The molecule has 1 aromatic carbocycles. The molecule has 0 fully saturated rings. The van der Waals surface area contributed by atoms with Crippen molar-refractivity contribution < 1.29 is 9.53 Å². The van der Waals surface area contributed by atoms with Crippen LogP contribution in [0, 0.1) is 0 Å². The van der Waals surface area contributed by atoms with Crippen LogP contribution < -0.4 is 11.1 Å². The Labute approximate surface area is 102 Å². The maximum absolute atomic E-state index is 11.2. The van der Waals surface area contributed by atoms with E-state index in [2.05, 4.69) is 5.32 Å². The van der Waals surface area contributed by atoms with Gasteiger partial charge in [0, 0.05) is 12.6 Å². The zero-order valence-corrected chi connectivity index (χ0v) is 10.00. The molecule has 16 heavy (non-hydrogen) atoms. The predicted octanol–water partition coefficient (Wildman–Crippen LogP) is 1.68. The van der Waals surface area contributed by atoms with Gasteiger partial charge < -0.3 is 15.8 Å². The smallest absolute Gasteiger partial charge is 0.407 e. The summed E-state index contributed by atoms with van der Waals surface area (Å²) in [4.78, 5) is 11.2. The molecule has 1 rings (SSSR count). The van der Waals surface area contributed by atoms with E-state index >= 15 is 0 Å². The van der Waals surface area contributed by atoms with Gasteiger partial charge in [0.25, 0.3) is 0 Å². The Kier molecular flexibility index (Phi) is 7.33. The Balaban J connectivity index is 0.00000225. The Hall–Kier alpha value is -1.26. The molecule has 1 unspecified atom stereocenters. The molecule has 3 N–H and O–H groups in total. The molecule has 1 atom stereocenters. The third-order valence-electron chi connectivity index (χ3n) is 1.93. The van der Waals surface area contributed by atoms with Crippen LogP contribution in [0.25, 0.3) is 0 Å². The van der Waals surface area contributed by atoms with Crippen LogP contribution >= 0.6 is 12.4 Å². The monoisotopic (exact) mass is 244 g/mol. The van der Waals surface area contributed by atoms with E-state index in [0.29, 0.717) is 6.54 Å². The van der Waals surface area contributed by atoms with Gasteiger partial charge in [0.1, 0.15) is 6.61 Å². The fourth-order valence-electron chi connectivity index (χ4n) is 1.02. The highest BCUT2D eigenvalue weighted by molar-refractivity contribution is 5.85. The van der Waals surface area contributed by atoms with E-state index in [1.807, 2.05) is 37.3 Å². The summed E-state index contributed by atoms with van der Waals surface area (Å²) in [6.45, 7) is 2.51. The minimum atomic E-state index is -0.434. The standard InChI is InChI=1S/C11H16N2O2.ClH/c1-9(7-12)13-11(14)15-8-10-5-3-2-4-6-10;/h2-6,9H,7-8,12H2,1H3,(H,13,14);1H. The summed E-state index contributed by atoms with van der Waals surface area (Å²) in [7, 11) is 0. The minimum absolute atomic E-state index is 0. The molecule has 0 aliphatic rings. The van der Waals surface area contributed by atoms with E-state index in [-0.39, 0.29) is 25.1 Å². The van der Waals surface area contributed by atoms with Crippen LogP contribution in [-0.4, -0.2) is 18.7 Å². The number of nitrogens with one attached hydrogen (secondary N) is 1. The maximum atomic E-state index is 11.2. The van der Waals surface area contributed by atoms with Crippen molar-refractivity contribution in [3.63, 3.8) is 0 Å². The molecule has 90 valence electrons. The zero-order valence-electron chi connectivity index (χ0n) is 9.18. The van der Waals surface area contributed by atoms with Crippen LogP contribution in [0.2, 0.25) is 0 Å². The molecule has 0 aliphatic heterocycles. The van der Waals surface area contributed by atoms with E-state index in [1.165, 1.54) is 0 Å². The van der Waals surface area contributed by atoms with Crippen molar-refractivity contribution in [2.75, 3.05) is 6.54 Å². The van der Waals surface area contributed by atoms with Crippen molar-refractivity contribution in [2.24, 2.45) is 5.73 Å². The Morgan fingerprint density at radius 1 is 1.44 bits per heavy atom. The van der Waals surface area contributed by atoms with E-state index in [1.54, 1.807) is 0 Å². The second kappa shape index (κ2) is 7.96. The fourth-order valence-corrected chi connectivity index (χ4v) is 1.02. The first-order valence-corrected chi connectivity index (χ1v) is 4.89. The van der Waals surface area contributed by atoms with Crippen LogP contribution in [-0.2, 0) is 11.3 Å². The molecule has 0 saturated heterocycles. The molecule has 0 heterocycles. The van der Waals surface area contributed by atoms with Gasteiger partial charge in [0.15, 0.2) is 0 Å². The average Bonchev–Trinajstić information content (AvgIpc) is 2.27. The van der Waals surface area contributed by atoms with Gasteiger partial charge in [0.05, 0.1) is 0 Å². The summed E-state index contributed by atoms with van der Waals surface area (Å²) in [5.74, 6) is 0. The highest BCUT2D eigenvalue weighted by Gasteiger charge is 2.05. The van der Waals surface area contributed by atoms with E-state index in [0.717, 1.165) is 5.56 Å². The molecule has 0 radical (unpaired) electrons. The van der Waals surface area contributed by atoms with Crippen LogP contribution in [0.4, 0.5) is 4.79 Å². The lowest BCUT2D eigenvalue weighted by atomic mass is 10.2. The topological polar surface area (TPSA) is 64.3 Å². The third kappa shape index (κ3) is 5.58. The maximum Gasteiger partial charge on any atom is 0.407 e. The lowest BCUT2D eigenvalue weighted by Gasteiger charge is -2.11. The van der Waals surface area contributed by atoms with Crippen molar-refractivity contribution >= 4 is 18.5 Å². The van der Waals surface area contributed by atoms with Gasteiger partial charge in [-0.05, 0) is 12.5 Å². The predicted molar refractivity (Wildman–Crippen MR) is 65.5 cm³/mol. The minimum Gasteiger partial charge on any atom is -0.445 e. The number of amides is 1. The van der Waals surface area contributed by atoms with E-state index < -0.39 is 6.09 Å². The number of hydrogen-bond acceptors (Lipinski definition) is 3. The molecule has 0 aromatic heterocycles. The zero-order chi connectivity index (χ0) is 11.1. The number of ether oxygens (including phenoxy) is 1. The first-order valence-electron chi connectivity index (χ1n) is 4.89. The number of hydrogen-bond donors (Lipinski definition) is 2. The highest BCUT2D eigenvalue weighted by Crippen LogP contribution is 2.00. The number of halogens is 1. The summed E-state index contributed by atoms with van der Waals surface area (Å²) in [5, 5.41) is 2.61. The van der Waals surface area contributed by atoms with E-state index in [4.69, 9.17) is 10.5 Å². The third-order valence-corrected chi connectivity index (χ3v) is 1.93. The number of alkyl carbamates (subject to hydrolysis) is 1. The first-order chi connectivity index (χ1) is 7.22. The summed E-state index contributed by atoms with van der Waals surface area (Å²) in [6.07, 6.45) is -0.434. The van der Waals surface area contributed by atoms with Crippen LogP contribution in [0.1, 0.15) is 12.5 Å². The largest absolute Gasteiger partial charge is 0.445 e. The Bertz CT molecular complexity index is 306. The normalized spacial score (nSPS) is 11.1. The number of carbonyl (C=O) groups excluding carboxylic acids is 1. The molecule has 0 saturated carbocycles. The Morgan fingerprint density at radius 2 is 2.06 bits per heavy atom. The van der Waals surface area contributed by atoms with Gasteiger partial charge in [-0.1, -0.05) is 30.3 Å². The molecule has 0 bridgehead atoms. The SMILES string of the molecule is CC(CN)NC(=O)OCc1ccccc1.Cl. The summed E-state index contributed by atoms with van der Waals surface area (Å²) in [5.41, 5.74) is 6.32. The number of rotatable bonds is 4. The molecule has 5 heteroatoms. The molecular formula is C11H17ClN2O2. The second-order valence-electron chi connectivity index (χ2n) is 3.34. The molecule has 0 spiro atoms. The highest BCUT2D eigenvalue weighted by atomic mass is 35.5. The summed E-state index contributed by atoms with van der Waals surface area (Å²) >= 11 is 0. The number of nitrogens with two attached hydrogens (primary N) is 1. The summed E-state index contributed by atoms with van der Waals surface area (Å²) < 4.78 is 4.99. The lowest BCUT2D eigenvalue weighted by molar-refractivity contribution is 0.136. The first kappa shape index (κ1) is 14.7. The quantitative estimate of drug-likeness (QED) is 0.847. The van der Waals surface area contributed by atoms with E-state index in [9.17, 15) is 4.79 Å². The van der Waals surface area contributed by atoms with Crippen LogP contribution in [0.3, 0.4) is 0 Å². The van der Waals surface area contributed by atoms with Gasteiger partial charge in [-0.3, -0.25) is 0 Å². The van der Waals surface area contributed by atoms with Gasteiger partial charge >= 0.3 is 6.09 Å². The van der Waals surface area contributed by atoms with Gasteiger partial charge in [-0.25, -0.2) is 4.79 Å². The van der Waals surface area contributed by atoms with Crippen LogP contribution in [0.15, 0.2) is 30.3 Å². The van der Waals surface area contributed by atoms with Crippen molar-refractivity contribution in [1.29, 1.82) is 0 Å². The van der Waals surface area contributed by atoms with Crippen molar-refractivity contribution in [3.8, 4) is 0 Å². The average molecular weight is 245 g/mol. The molecule has 1 amide bonds. The van der Waals surface area contributed by atoms with Gasteiger partial charge in [0.2, 0.25) is 0 Å². The molecule has 0 aliphatic carbocycles. The lowest BCUT2D eigenvalue weighted by Crippen LogP contribution is -2.38. The van der Waals surface area contributed by atoms with Crippen molar-refractivity contribution in [2.45, 2.75) is 19.6 Å². The molecular weight excluding hydrogens is 228 g/mol.